The smallest absolute Gasteiger partial charge is 0.136 e. The van der Waals surface area contributed by atoms with Crippen molar-refractivity contribution in [3.05, 3.63) is 279 Å². The van der Waals surface area contributed by atoms with E-state index in [1.165, 1.54) is 32.6 Å². The largest absolute Gasteiger partial charge is 0.456 e. The van der Waals surface area contributed by atoms with Crippen LogP contribution in [-0.4, -0.2) is 9.13 Å². The molecule has 0 aliphatic carbocycles. The van der Waals surface area contributed by atoms with Gasteiger partial charge in [-0.05, 0) is 167 Å². The van der Waals surface area contributed by atoms with Crippen molar-refractivity contribution in [1.82, 2.24) is 9.13 Å². The van der Waals surface area contributed by atoms with Crippen LogP contribution < -0.4 is 9.80 Å². The quantitative estimate of drug-likeness (QED) is 0.152. The highest BCUT2D eigenvalue weighted by molar-refractivity contribution is 6.19. The average molecular weight is 1020 g/mol. The Hall–Kier alpha value is -10.8. The van der Waals surface area contributed by atoms with Gasteiger partial charge < -0.3 is 27.8 Å². The fraction of sp³-hybridized carbons (Fsp3) is 0. The molecule has 0 spiro atoms. The topological polar surface area (TPSA) is 42.6 Å². The standard InChI is InChI=1S/C74H46N4O2/c1-5-17-51(18-6-1)75(57-33-35-61-59-25-13-15-27-67(59)77(69(61)43-57)53-21-9-3-10-22-53)55-31-29-47-39-63-65-45-74-66(46-73(65)79-71(63)41-49(47)37-55)64-40-48-30-32-56(38-50(48)42-72(64)80-74)76(52-19-7-2-8-20-52)58-34-36-62-60-26-14-16-28-68(60)78(70(62)44-58)54-23-11-4-12-24-54/h1-46H. The molecule has 0 bridgehead atoms. The molecule has 17 rings (SSSR count). The van der Waals surface area contributed by atoms with E-state index in [0.29, 0.717) is 0 Å². The first kappa shape index (κ1) is 44.3. The Morgan fingerprint density at radius 2 is 0.550 bits per heavy atom. The van der Waals surface area contributed by atoms with Gasteiger partial charge >= 0.3 is 0 Å². The lowest BCUT2D eigenvalue weighted by molar-refractivity contribution is 0.664. The van der Waals surface area contributed by atoms with E-state index in [1.54, 1.807) is 0 Å². The van der Waals surface area contributed by atoms with Gasteiger partial charge in [-0.1, -0.05) is 133 Å². The zero-order valence-corrected chi connectivity index (χ0v) is 43.2. The number of hydrogen-bond donors (Lipinski definition) is 0. The number of benzene rings is 13. The van der Waals surface area contributed by atoms with Crippen LogP contribution in [0.25, 0.3) is 120 Å². The molecule has 13 aromatic carbocycles. The number of rotatable bonds is 8. The Bertz CT molecular complexity index is 4970. The van der Waals surface area contributed by atoms with Gasteiger partial charge in [-0.25, -0.2) is 0 Å². The van der Waals surface area contributed by atoms with Gasteiger partial charge in [0.2, 0.25) is 0 Å². The zero-order chi connectivity index (χ0) is 52.4. The number of fused-ring (bicyclic) bond motifs is 14. The molecule has 80 heavy (non-hydrogen) atoms. The Morgan fingerprint density at radius 3 is 0.988 bits per heavy atom. The second-order valence-corrected chi connectivity index (χ2v) is 20.9. The molecule has 4 heterocycles. The molecule has 0 saturated heterocycles. The maximum absolute atomic E-state index is 6.81. The molecule has 6 heteroatoms. The second-order valence-electron chi connectivity index (χ2n) is 20.9. The molecule has 374 valence electrons. The van der Waals surface area contributed by atoms with Crippen LogP contribution in [0.15, 0.2) is 288 Å². The SMILES string of the molecule is c1ccc(N(c2ccc3cc4c(cc3c2)oc2cc3c(cc24)oc2cc4cc(N(c5ccccc5)c5ccc6c7ccccc7n(-c7ccccc7)c6c5)ccc4cc23)c2ccc3c4ccccc4n(-c4ccccc4)c3c2)cc1. The third kappa shape index (κ3) is 6.85. The van der Waals surface area contributed by atoms with Crippen molar-refractivity contribution in [2.45, 2.75) is 0 Å². The summed E-state index contributed by atoms with van der Waals surface area (Å²) >= 11 is 0. The first-order chi connectivity index (χ1) is 39.6. The Morgan fingerprint density at radius 1 is 0.212 bits per heavy atom. The minimum atomic E-state index is 0.830. The van der Waals surface area contributed by atoms with Gasteiger partial charge in [0.1, 0.15) is 22.3 Å². The Balaban J connectivity index is 0.753. The second kappa shape index (κ2) is 17.3. The van der Waals surface area contributed by atoms with Crippen molar-refractivity contribution in [2.24, 2.45) is 0 Å². The first-order valence-electron chi connectivity index (χ1n) is 27.2. The van der Waals surface area contributed by atoms with E-state index in [0.717, 1.165) is 122 Å². The fourth-order valence-corrected chi connectivity index (χ4v) is 12.7. The molecular formula is C74H46N4O2. The first-order valence-corrected chi connectivity index (χ1v) is 27.2. The molecule has 0 aliphatic rings. The predicted octanol–water partition coefficient (Wildman–Crippen LogP) is 20.9. The van der Waals surface area contributed by atoms with E-state index >= 15 is 0 Å². The number of furan rings is 2. The highest BCUT2D eigenvalue weighted by atomic mass is 16.3. The van der Waals surface area contributed by atoms with Crippen LogP contribution in [0.4, 0.5) is 34.1 Å². The Kier molecular flexibility index (Phi) is 9.61. The summed E-state index contributed by atoms with van der Waals surface area (Å²) in [6, 6.07) is 100. The van der Waals surface area contributed by atoms with Crippen molar-refractivity contribution in [3.8, 4) is 11.4 Å². The van der Waals surface area contributed by atoms with E-state index in [-0.39, 0.29) is 0 Å². The van der Waals surface area contributed by atoms with Gasteiger partial charge in [0.15, 0.2) is 0 Å². The van der Waals surface area contributed by atoms with E-state index < -0.39 is 0 Å². The number of nitrogens with zero attached hydrogens (tertiary/aromatic N) is 4. The maximum atomic E-state index is 6.81. The van der Waals surface area contributed by atoms with Crippen LogP contribution in [0.1, 0.15) is 0 Å². The highest BCUT2D eigenvalue weighted by Gasteiger charge is 2.22. The number of anilines is 6. The molecule has 0 fully saturated rings. The maximum Gasteiger partial charge on any atom is 0.136 e. The molecule has 0 amide bonds. The minimum Gasteiger partial charge on any atom is -0.456 e. The van der Waals surface area contributed by atoms with Gasteiger partial charge in [-0.2, -0.15) is 0 Å². The summed E-state index contributed by atoms with van der Waals surface area (Å²) in [5, 5.41) is 13.5. The molecular weight excluding hydrogens is 977 g/mol. The van der Waals surface area contributed by atoms with Crippen molar-refractivity contribution < 1.29 is 8.83 Å². The molecule has 0 N–H and O–H groups in total. The van der Waals surface area contributed by atoms with Gasteiger partial charge in [-0.15, -0.1) is 0 Å². The number of hydrogen-bond acceptors (Lipinski definition) is 4. The third-order valence-electron chi connectivity index (χ3n) is 16.4. The molecule has 17 aromatic rings. The summed E-state index contributed by atoms with van der Waals surface area (Å²) in [6.45, 7) is 0. The summed E-state index contributed by atoms with van der Waals surface area (Å²) in [5.41, 5.74) is 16.7. The van der Waals surface area contributed by atoms with Crippen molar-refractivity contribution in [3.63, 3.8) is 0 Å². The average Bonchev–Trinajstić information content (AvgIpc) is 4.42. The lowest BCUT2D eigenvalue weighted by atomic mass is 10.0. The third-order valence-corrected chi connectivity index (χ3v) is 16.4. The van der Waals surface area contributed by atoms with Crippen LogP contribution in [0.2, 0.25) is 0 Å². The molecule has 0 saturated carbocycles. The van der Waals surface area contributed by atoms with E-state index in [4.69, 9.17) is 8.83 Å². The molecule has 0 atom stereocenters. The number of aromatic nitrogens is 2. The summed E-state index contributed by atoms with van der Waals surface area (Å²) in [6.07, 6.45) is 0. The van der Waals surface area contributed by atoms with Gasteiger partial charge in [0.05, 0.1) is 22.1 Å². The van der Waals surface area contributed by atoms with Gasteiger partial charge in [-0.3, -0.25) is 0 Å². The van der Waals surface area contributed by atoms with Gasteiger partial charge in [0.25, 0.3) is 0 Å². The summed E-state index contributed by atoms with van der Waals surface area (Å²) in [7, 11) is 0. The number of para-hydroxylation sites is 6. The van der Waals surface area contributed by atoms with Crippen LogP contribution in [0.3, 0.4) is 0 Å². The fourth-order valence-electron chi connectivity index (χ4n) is 12.7. The summed E-state index contributed by atoms with van der Waals surface area (Å²) < 4.78 is 18.4. The molecule has 6 nitrogen and oxygen atoms in total. The minimum absolute atomic E-state index is 0.830. The monoisotopic (exact) mass is 1020 g/mol. The predicted molar refractivity (Wildman–Crippen MR) is 334 cm³/mol. The molecule has 0 radical (unpaired) electrons. The van der Waals surface area contributed by atoms with E-state index in [9.17, 15) is 0 Å². The summed E-state index contributed by atoms with van der Waals surface area (Å²) in [5.74, 6) is 0. The van der Waals surface area contributed by atoms with Crippen LogP contribution in [0.5, 0.6) is 0 Å². The van der Waals surface area contributed by atoms with Crippen molar-refractivity contribution >= 4 is 143 Å². The normalized spacial score (nSPS) is 12.0. The molecule has 4 aromatic heterocycles. The zero-order valence-electron chi connectivity index (χ0n) is 43.2. The van der Waals surface area contributed by atoms with Crippen LogP contribution in [0, 0.1) is 0 Å². The Labute approximate surface area is 459 Å². The summed E-state index contributed by atoms with van der Waals surface area (Å²) in [4.78, 5) is 4.70. The van der Waals surface area contributed by atoms with Crippen molar-refractivity contribution in [1.29, 1.82) is 0 Å². The van der Waals surface area contributed by atoms with Crippen molar-refractivity contribution in [2.75, 3.05) is 9.80 Å². The van der Waals surface area contributed by atoms with Crippen LogP contribution >= 0.6 is 0 Å². The van der Waals surface area contributed by atoms with Gasteiger partial charge in [0, 0.05) is 88.6 Å². The molecule has 0 aliphatic heterocycles. The lowest BCUT2D eigenvalue weighted by Crippen LogP contribution is -2.10. The molecule has 0 unspecified atom stereocenters. The van der Waals surface area contributed by atoms with E-state index in [2.05, 4.69) is 298 Å². The van der Waals surface area contributed by atoms with E-state index in [1.807, 2.05) is 0 Å². The highest BCUT2D eigenvalue weighted by Crippen LogP contribution is 2.45. The lowest BCUT2D eigenvalue weighted by Gasteiger charge is -2.26. The van der Waals surface area contributed by atoms with Crippen LogP contribution in [-0.2, 0) is 0 Å².